The number of sulfonamides is 1. The fourth-order valence-corrected chi connectivity index (χ4v) is 4.02. The minimum atomic E-state index is -3.76. The maximum atomic E-state index is 12.6. The Hall–Kier alpha value is -2.52. The monoisotopic (exact) mass is 435 g/mol. The lowest BCUT2D eigenvalue weighted by Crippen LogP contribution is -2.43. The molecule has 154 valence electrons. The molecule has 2 atom stereocenters. The highest BCUT2D eigenvalue weighted by Gasteiger charge is 2.20. The molecule has 0 saturated carbocycles. The Kier molecular flexibility index (Phi) is 7.69. The van der Waals surface area contributed by atoms with Gasteiger partial charge in [-0.25, -0.2) is 13.1 Å². The highest BCUT2D eigenvalue weighted by molar-refractivity contribution is 7.89. The number of nitrogens with one attached hydrogen (secondary N) is 2. The minimum Gasteiger partial charge on any atom is -0.378 e. The summed E-state index contributed by atoms with van der Waals surface area (Å²) in [4.78, 5) is 16.2. The fraction of sp³-hybridized carbons (Fsp3) is 0.200. The first-order valence-electron chi connectivity index (χ1n) is 8.73. The summed E-state index contributed by atoms with van der Waals surface area (Å²) < 4.78 is 27.7. The van der Waals surface area contributed by atoms with Crippen LogP contribution in [-0.4, -0.2) is 37.0 Å². The van der Waals surface area contributed by atoms with Gasteiger partial charge in [-0.15, -0.1) is 12.4 Å². The molecule has 1 aromatic heterocycles. The SMILES string of the molecule is C[C@H](CNC(=O)[C@@H](O)c1ccccc1)NS(=O)(=O)c1ccc2cnccc2c1.Cl. The molecule has 0 spiro atoms. The Morgan fingerprint density at radius 2 is 1.83 bits per heavy atom. The Balaban J connectivity index is 0.00000300. The number of benzene rings is 2. The third-order valence-electron chi connectivity index (χ3n) is 4.22. The molecule has 3 rings (SSSR count). The van der Waals surface area contributed by atoms with Crippen LogP contribution in [0.3, 0.4) is 0 Å². The van der Waals surface area contributed by atoms with E-state index in [0.29, 0.717) is 5.56 Å². The zero-order valence-electron chi connectivity index (χ0n) is 15.6. The number of fused-ring (bicyclic) bond motifs is 1. The van der Waals surface area contributed by atoms with Crippen LogP contribution in [0.25, 0.3) is 10.8 Å². The van der Waals surface area contributed by atoms with Crippen molar-refractivity contribution in [2.24, 2.45) is 0 Å². The standard InChI is InChI=1S/C20H21N3O4S.ClH/c1-14(12-22-20(25)19(24)15-5-3-2-4-6-15)23-28(26,27)18-8-7-17-13-21-10-9-16(17)11-18;/h2-11,13-14,19,23-24H,12H2,1H3,(H,22,25);1H/t14-,19+;/m1./s1. The van der Waals surface area contributed by atoms with Crippen molar-refractivity contribution < 1.29 is 18.3 Å². The molecular formula is C20H22ClN3O4S. The van der Waals surface area contributed by atoms with Crippen LogP contribution in [0.2, 0.25) is 0 Å². The number of aliphatic hydroxyl groups is 1. The molecule has 0 radical (unpaired) electrons. The summed E-state index contributed by atoms with van der Waals surface area (Å²) in [6.07, 6.45) is 1.96. The molecule has 2 aromatic carbocycles. The molecule has 0 aliphatic carbocycles. The highest BCUT2D eigenvalue weighted by Crippen LogP contribution is 2.18. The maximum absolute atomic E-state index is 12.6. The number of carbonyl (C=O) groups is 1. The van der Waals surface area contributed by atoms with E-state index in [1.807, 2.05) is 0 Å². The van der Waals surface area contributed by atoms with Crippen LogP contribution < -0.4 is 10.0 Å². The molecule has 3 N–H and O–H groups in total. The lowest BCUT2D eigenvalue weighted by molar-refractivity contribution is -0.129. The summed E-state index contributed by atoms with van der Waals surface area (Å²) in [6.45, 7) is 1.68. The van der Waals surface area contributed by atoms with Crippen LogP contribution in [0.4, 0.5) is 0 Å². The third-order valence-corrected chi connectivity index (χ3v) is 5.81. The topological polar surface area (TPSA) is 108 Å². The van der Waals surface area contributed by atoms with Gasteiger partial charge in [-0.1, -0.05) is 36.4 Å². The summed E-state index contributed by atoms with van der Waals surface area (Å²) in [5, 5.41) is 14.2. The van der Waals surface area contributed by atoms with E-state index in [0.717, 1.165) is 10.8 Å². The Bertz CT molecular complexity index is 1080. The van der Waals surface area contributed by atoms with Crippen molar-refractivity contribution in [2.45, 2.75) is 24.0 Å². The lowest BCUT2D eigenvalue weighted by Gasteiger charge is -2.17. The first-order chi connectivity index (χ1) is 13.4. The zero-order valence-corrected chi connectivity index (χ0v) is 17.3. The van der Waals surface area contributed by atoms with Gasteiger partial charge in [0.05, 0.1) is 4.90 Å². The van der Waals surface area contributed by atoms with Gasteiger partial charge in [-0.2, -0.15) is 0 Å². The molecule has 3 aromatic rings. The van der Waals surface area contributed by atoms with Crippen molar-refractivity contribution >= 4 is 39.1 Å². The van der Waals surface area contributed by atoms with E-state index in [1.54, 1.807) is 67.8 Å². The van der Waals surface area contributed by atoms with Gasteiger partial charge < -0.3 is 10.4 Å². The van der Waals surface area contributed by atoms with Crippen LogP contribution in [0, 0.1) is 0 Å². The minimum absolute atomic E-state index is 0. The number of pyridine rings is 1. The van der Waals surface area contributed by atoms with Gasteiger partial charge in [-0.05, 0) is 36.1 Å². The lowest BCUT2D eigenvalue weighted by atomic mass is 10.1. The molecule has 0 aliphatic rings. The average molecular weight is 436 g/mol. The van der Waals surface area contributed by atoms with Crippen molar-refractivity contribution in [1.82, 2.24) is 15.0 Å². The molecular weight excluding hydrogens is 414 g/mol. The number of carbonyl (C=O) groups excluding carboxylic acids is 1. The zero-order chi connectivity index (χ0) is 20.1. The Morgan fingerprint density at radius 3 is 2.55 bits per heavy atom. The predicted molar refractivity (Wildman–Crippen MR) is 113 cm³/mol. The second-order valence-electron chi connectivity index (χ2n) is 6.47. The van der Waals surface area contributed by atoms with Crippen LogP contribution in [-0.2, 0) is 14.8 Å². The molecule has 0 fully saturated rings. The molecule has 0 bridgehead atoms. The molecule has 9 heteroatoms. The first-order valence-corrected chi connectivity index (χ1v) is 10.2. The average Bonchev–Trinajstić information content (AvgIpc) is 2.71. The molecule has 29 heavy (non-hydrogen) atoms. The molecule has 0 unspecified atom stereocenters. The van der Waals surface area contributed by atoms with E-state index >= 15 is 0 Å². The van der Waals surface area contributed by atoms with Crippen LogP contribution in [0.1, 0.15) is 18.6 Å². The predicted octanol–water partition coefficient (Wildman–Crippen LogP) is 2.17. The first kappa shape index (κ1) is 22.8. The van der Waals surface area contributed by atoms with Crippen molar-refractivity contribution in [1.29, 1.82) is 0 Å². The van der Waals surface area contributed by atoms with E-state index in [1.165, 1.54) is 6.07 Å². The number of hydrogen-bond acceptors (Lipinski definition) is 5. The van der Waals surface area contributed by atoms with Gasteiger partial charge in [0.25, 0.3) is 5.91 Å². The normalized spacial score (nSPS) is 13.3. The van der Waals surface area contributed by atoms with E-state index in [-0.39, 0.29) is 23.8 Å². The smallest absolute Gasteiger partial charge is 0.253 e. The number of aromatic nitrogens is 1. The Labute approximate surface area is 175 Å². The largest absolute Gasteiger partial charge is 0.378 e. The van der Waals surface area contributed by atoms with Crippen LogP contribution in [0.5, 0.6) is 0 Å². The van der Waals surface area contributed by atoms with Gasteiger partial charge >= 0.3 is 0 Å². The summed E-state index contributed by atoms with van der Waals surface area (Å²) in [5.41, 5.74) is 0.471. The number of amides is 1. The number of rotatable bonds is 7. The Morgan fingerprint density at radius 1 is 1.10 bits per heavy atom. The third kappa shape index (κ3) is 5.74. The van der Waals surface area contributed by atoms with Gasteiger partial charge in [-0.3, -0.25) is 9.78 Å². The van der Waals surface area contributed by atoms with E-state index < -0.39 is 28.1 Å². The molecule has 1 amide bonds. The molecule has 0 saturated heterocycles. The van der Waals surface area contributed by atoms with Gasteiger partial charge in [0.2, 0.25) is 10.0 Å². The fourth-order valence-electron chi connectivity index (χ4n) is 2.74. The van der Waals surface area contributed by atoms with Gasteiger partial charge in [0, 0.05) is 30.4 Å². The van der Waals surface area contributed by atoms with Crippen molar-refractivity contribution in [3.63, 3.8) is 0 Å². The van der Waals surface area contributed by atoms with Crippen LogP contribution >= 0.6 is 12.4 Å². The van der Waals surface area contributed by atoms with E-state index in [2.05, 4.69) is 15.0 Å². The number of halogens is 1. The number of hydrogen-bond donors (Lipinski definition) is 3. The number of aliphatic hydroxyl groups excluding tert-OH is 1. The number of nitrogens with zero attached hydrogens (tertiary/aromatic N) is 1. The summed E-state index contributed by atoms with van der Waals surface area (Å²) in [7, 11) is -3.76. The highest BCUT2D eigenvalue weighted by atomic mass is 35.5. The van der Waals surface area contributed by atoms with Crippen molar-refractivity contribution in [2.75, 3.05) is 6.54 Å². The molecule has 1 heterocycles. The summed E-state index contributed by atoms with van der Waals surface area (Å²) >= 11 is 0. The van der Waals surface area contributed by atoms with Gasteiger partial charge in [0.15, 0.2) is 6.10 Å². The summed E-state index contributed by atoms with van der Waals surface area (Å²) in [5.74, 6) is -0.588. The van der Waals surface area contributed by atoms with E-state index in [4.69, 9.17) is 0 Å². The molecule has 7 nitrogen and oxygen atoms in total. The maximum Gasteiger partial charge on any atom is 0.253 e. The van der Waals surface area contributed by atoms with E-state index in [9.17, 15) is 18.3 Å². The quantitative estimate of drug-likeness (QED) is 0.527. The van der Waals surface area contributed by atoms with Crippen LogP contribution in [0.15, 0.2) is 71.9 Å². The van der Waals surface area contributed by atoms with Gasteiger partial charge in [0.1, 0.15) is 0 Å². The van der Waals surface area contributed by atoms with Crippen molar-refractivity contribution in [3.05, 3.63) is 72.6 Å². The molecule has 0 aliphatic heterocycles. The van der Waals surface area contributed by atoms with Crippen molar-refractivity contribution in [3.8, 4) is 0 Å². The summed E-state index contributed by atoms with van der Waals surface area (Å²) in [6, 6.07) is 14.5. The second-order valence-corrected chi connectivity index (χ2v) is 8.18. The second kappa shape index (κ2) is 9.80.